The number of methoxy groups -OCH3 is 1. The Balaban J connectivity index is 1.65. The van der Waals surface area contributed by atoms with Crippen LogP contribution in [0.4, 0.5) is 19.3 Å². The smallest absolute Gasteiger partial charge is 0.410 e. The highest BCUT2D eigenvalue weighted by Crippen LogP contribution is 2.49. The number of halogens is 2. The molecule has 9 nitrogen and oxygen atoms in total. The molecule has 0 saturated carbocycles. The summed E-state index contributed by atoms with van der Waals surface area (Å²) < 4.78 is 58.1. The van der Waals surface area contributed by atoms with Crippen LogP contribution in [0.5, 0.6) is 5.75 Å². The first-order valence-electron chi connectivity index (χ1n) is 11.8. The summed E-state index contributed by atoms with van der Waals surface area (Å²) in [6.07, 6.45) is -0.321. The maximum Gasteiger partial charge on any atom is 0.410 e. The van der Waals surface area contributed by atoms with Gasteiger partial charge in [0.2, 0.25) is 5.82 Å². The van der Waals surface area contributed by atoms with Crippen molar-refractivity contribution in [2.75, 3.05) is 39.3 Å². The normalized spacial score (nSPS) is 26.7. The van der Waals surface area contributed by atoms with Crippen molar-refractivity contribution in [1.82, 2.24) is 10.2 Å². The van der Waals surface area contributed by atoms with Gasteiger partial charge in [0.15, 0.2) is 17.3 Å². The van der Waals surface area contributed by atoms with Gasteiger partial charge in [-0.25, -0.2) is 9.18 Å². The number of hydrogen-bond donors (Lipinski definition) is 2. The zero-order valence-corrected chi connectivity index (χ0v) is 21.1. The second-order valence-corrected chi connectivity index (χ2v) is 10.4. The van der Waals surface area contributed by atoms with Gasteiger partial charge < -0.3 is 33.9 Å². The van der Waals surface area contributed by atoms with Crippen molar-refractivity contribution in [1.29, 1.82) is 0 Å². The van der Waals surface area contributed by atoms with E-state index in [0.29, 0.717) is 38.3 Å². The minimum atomic E-state index is -1.06. The zero-order chi connectivity index (χ0) is 25.6. The van der Waals surface area contributed by atoms with E-state index >= 15 is 0 Å². The first-order chi connectivity index (χ1) is 16.4. The molecule has 2 fully saturated rings. The molecule has 35 heavy (non-hydrogen) atoms. The van der Waals surface area contributed by atoms with Crippen molar-refractivity contribution in [3.63, 3.8) is 0 Å². The van der Waals surface area contributed by atoms with E-state index in [1.807, 2.05) is 6.92 Å². The quantitative estimate of drug-likeness (QED) is 0.471. The zero-order valence-electron chi connectivity index (χ0n) is 21.1. The van der Waals surface area contributed by atoms with Crippen LogP contribution < -0.4 is 15.4 Å². The Bertz CT molecular complexity index is 946. The highest BCUT2D eigenvalue weighted by atomic mass is 19.2. The standard InChI is InChI=1S/C24H35F2N3O6/c1-14(29(5)21(30)35-22(2,3)4)19(31-6)27-20-23(9-11-32-12-10-23)34-18-16(28-24(20)13-33-24)8-7-15(25)17(18)26/h7-8,14,19-20,27-28H,9-13H2,1-6H3/t14-,19?,20-,24?/m0/s1. The van der Waals surface area contributed by atoms with Crippen LogP contribution >= 0.6 is 0 Å². The average molecular weight is 500 g/mol. The second kappa shape index (κ2) is 9.34. The molecule has 2 spiro atoms. The number of nitrogens with one attached hydrogen (secondary N) is 2. The van der Waals surface area contributed by atoms with Gasteiger partial charge in [0, 0.05) is 27.0 Å². The summed E-state index contributed by atoms with van der Waals surface area (Å²) in [5.74, 6) is -2.23. The van der Waals surface area contributed by atoms with Crippen LogP contribution in [0.2, 0.25) is 0 Å². The van der Waals surface area contributed by atoms with Crippen LogP contribution in [0, 0.1) is 11.6 Å². The van der Waals surface area contributed by atoms with E-state index in [0.717, 1.165) is 6.07 Å². The number of anilines is 1. The molecule has 2 unspecified atom stereocenters. The molecule has 1 amide bonds. The average Bonchev–Trinajstić information content (AvgIpc) is 3.59. The van der Waals surface area contributed by atoms with Crippen LogP contribution in [0.15, 0.2) is 12.1 Å². The van der Waals surface area contributed by atoms with Crippen molar-refractivity contribution < 1.29 is 37.3 Å². The molecule has 0 aliphatic carbocycles. The number of ether oxygens (including phenoxy) is 5. The van der Waals surface area contributed by atoms with E-state index in [9.17, 15) is 13.6 Å². The largest absolute Gasteiger partial charge is 0.480 e. The minimum absolute atomic E-state index is 0.182. The second-order valence-electron chi connectivity index (χ2n) is 10.4. The van der Waals surface area contributed by atoms with Gasteiger partial charge in [-0.3, -0.25) is 5.32 Å². The molecular formula is C24H35F2N3O6. The summed E-state index contributed by atoms with van der Waals surface area (Å²) in [5.41, 5.74) is -2.26. The molecule has 196 valence electrons. The maximum atomic E-state index is 14.9. The Labute approximate surface area is 204 Å². The summed E-state index contributed by atoms with van der Waals surface area (Å²) in [7, 11) is 3.17. The molecule has 4 atom stereocenters. The number of nitrogens with zero attached hydrogens (tertiary/aromatic N) is 1. The van der Waals surface area contributed by atoms with Crippen LogP contribution in [0.1, 0.15) is 40.5 Å². The summed E-state index contributed by atoms with van der Waals surface area (Å²) in [6.45, 7) is 8.31. The molecule has 0 bridgehead atoms. The Hall–Kier alpha value is -2.21. The lowest BCUT2D eigenvalue weighted by atomic mass is 9.81. The Morgan fingerprint density at radius 3 is 2.51 bits per heavy atom. The molecule has 3 aliphatic heterocycles. The van der Waals surface area contributed by atoms with Crippen LogP contribution in [0.25, 0.3) is 0 Å². The van der Waals surface area contributed by atoms with Crippen molar-refractivity contribution in [2.24, 2.45) is 0 Å². The highest BCUT2D eigenvalue weighted by Gasteiger charge is 2.64. The highest BCUT2D eigenvalue weighted by molar-refractivity contribution is 5.68. The van der Waals surface area contributed by atoms with Crippen molar-refractivity contribution in [2.45, 2.75) is 75.8 Å². The van der Waals surface area contributed by atoms with Gasteiger partial charge in [0.05, 0.1) is 37.6 Å². The van der Waals surface area contributed by atoms with Gasteiger partial charge in [0.1, 0.15) is 17.4 Å². The third-order valence-electron chi connectivity index (χ3n) is 6.80. The topological polar surface area (TPSA) is 93.8 Å². The van der Waals surface area contributed by atoms with E-state index in [4.69, 9.17) is 23.7 Å². The van der Waals surface area contributed by atoms with E-state index in [2.05, 4.69) is 10.6 Å². The van der Waals surface area contributed by atoms with Gasteiger partial charge in [0.25, 0.3) is 0 Å². The number of carbonyl (C=O) groups excluding carboxylic acids is 1. The fourth-order valence-electron chi connectivity index (χ4n) is 4.70. The van der Waals surface area contributed by atoms with Gasteiger partial charge in [-0.1, -0.05) is 0 Å². The van der Waals surface area contributed by atoms with E-state index < -0.39 is 53.0 Å². The molecular weight excluding hydrogens is 464 g/mol. The number of benzene rings is 1. The molecule has 3 heterocycles. The SMILES string of the molecule is COC(N[C@H]1C2(CCOCC2)Oc2c(ccc(F)c2F)NC12CO2)[C@H](C)N(C)C(=O)OC(C)(C)C. The van der Waals surface area contributed by atoms with Crippen LogP contribution in [-0.2, 0) is 18.9 Å². The molecule has 1 aromatic rings. The van der Waals surface area contributed by atoms with E-state index in [1.165, 1.54) is 18.1 Å². The fourth-order valence-corrected chi connectivity index (χ4v) is 4.70. The van der Waals surface area contributed by atoms with Crippen molar-refractivity contribution >= 4 is 11.8 Å². The first-order valence-corrected chi connectivity index (χ1v) is 11.8. The van der Waals surface area contributed by atoms with E-state index in [1.54, 1.807) is 27.8 Å². The number of amides is 1. The number of likely N-dealkylation sites (N-methyl/N-ethyl adjacent to an activating group) is 1. The van der Waals surface area contributed by atoms with Crippen LogP contribution in [0.3, 0.4) is 0 Å². The van der Waals surface area contributed by atoms with Crippen molar-refractivity contribution in [3.05, 3.63) is 23.8 Å². The number of hydrogen-bond acceptors (Lipinski definition) is 8. The number of fused-ring (bicyclic) bond motifs is 1. The molecule has 4 rings (SSSR count). The third kappa shape index (κ3) is 5.04. The number of carbonyl (C=O) groups is 1. The maximum absolute atomic E-state index is 14.9. The summed E-state index contributed by atoms with van der Waals surface area (Å²) in [6, 6.07) is 1.50. The predicted octanol–water partition coefficient (Wildman–Crippen LogP) is 3.23. The molecule has 11 heteroatoms. The van der Waals surface area contributed by atoms with Gasteiger partial charge in [-0.05, 0) is 39.8 Å². The molecule has 0 radical (unpaired) electrons. The van der Waals surface area contributed by atoms with Crippen LogP contribution in [-0.4, -0.2) is 80.2 Å². The lowest BCUT2D eigenvalue weighted by molar-refractivity contribution is -0.0989. The Morgan fingerprint density at radius 1 is 1.29 bits per heavy atom. The summed E-state index contributed by atoms with van der Waals surface area (Å²) in [5, 5.41) is 6.70. The number of rotatable bonds is 5. The molecule has 2 saturated heterocycles. The van der Waals surface area contributed by atoms with Gasteiger partial charge in [-0.2, -0.15) is 4.39 Å². The third-order valence-corrected chi connectivity index (χ3v) is 6.80. The molecule has 3 aliphatic rings. The van der Waals surface area contributed by atoms with Gasteiger partial charge in [-0.15, -0.1) is 0 Å². The summed E-state index contributed by atoms with van der Waals surface area (Å²) >= 11 is 0. The summed E-state index contributed by atoms with van der Waals surface area (Å²) in [4.78, 5) is 14.1. The fraction of sp³-hybridized carbons (Fsp3) is 0.708. The number of epoxide rings is 1. The van der Waals surface area contributed by atoms with Gasteiger partial charge >= 0.3 is 6.09 Å². The van der Waals surface area contributed by atoms with E-state index in [-0.39, 0.29) is 5.75 Å². The van der Waals surface area contributed by atoms with Crippen molar-refractivity contribution in [3.8, 4) is 5.75 Å². The first kappa shape index (κ1) is 25.9. The monoisotopic (exact) mass is 499 g/mol. The predicted molar refractivity (Wildman–Crippen MR) is 123 cm³/mol. The molecule has 1 aromatic carbocycles. The molecule has 2 N–H and O–H groups in total. The Morgan fingerprint density at radius 2 is 1.94 bits per heavy atom. The lowest BCUT2D eigenvalue weighted by Gasteiger charge is -2.46. The Kier molecular flexibility index (Phi) is 6.91. The molecule has 0 aromatic heterocycles. The minimum Gasteiger partial charge on any atom is -0.480 e. The lowest BCUT2D eigenvalue weighted by Crippen LogP contribution is -2.68.